The molecule has 1 N–H and O–H groups in total. The Morgan fingerprint density at radius 3 is 2.85 bits per heavy atom. The zero-order valence-electron chi connectivity index (χ0n) is 15.4. The second-order valence-electron chi connectivity index (χ2n) is 6.58. The molecular weight excluding hydrogens is 328 g/mol. The Bertz CT molecular complexity index is 733. The van der Waals surface area contributed by atoms with Crippen molar-refractivity contribution in [1.29, 1.82) is 0 Å². The van der Waals surface area contributed by atoms with Crippen molar-refractivity contribution < 1.29 is 9.53 Å². The first-order chi connectivity index (χ1) is 12.7. The first-order valence-corrected chi connectivity index (χ1v) is 9.15. The Morgan fingerprint density at radius 1 is 1.31 bits per heavy atom. The molecule has 2 aromatic rings. The Labute approximate surface area is 154 Å². The Morgan fingerprint density at radius 2 is 2.12 bits per heavy atom. The predicted octanol–water partition coefficient (Wildman–Crippen LogP) is 3.15. The molecule has 1 aromatic carbocycles. The minimum atomic E-state index is 0.0306. The van der Waals surface area contributed by atoms with Gasteiger partial charge in [0.05, 0.1) is 12.7 Å². The number of aromatic nitrogens is 2. The summed E-state index contributed by atoms with van der Waals surface area (Å²) in [5.74, 6) is 1.43. The highest BCUT2D eigenvalue weighted by atomic mass is 16.5. The molecule has 6 nitrogen and oxygen atoms in total. The van der Waals surface area contributed by atoms with Crippen LogP contribution in [0, 0.1) is 0 Å². The average Bonchev–Trinajstić information content (AvgIpc) is 2.72. The molecule has 1 atom stereocenters. The fourth-order valence-electron chi connectivity index (χ4n) is 3.46. The molecule has 26 heavy (non-hydrogen) atoms. The molecule has 0 bridgehead atoms. The van der Waals surface area contributed by atoms with Gasteiger partial charge in [-0.3, -0.25) is 4.79 Å². The van der Waals surface area contributed by atoms with E-state index < -0.39 is 0 Å². The Balaban J connectivity index is 1.67. The van der Waals surface area contributed by atoms with Crippen LogP contribution >= 0.6 is 0 Å². The van der Waals surface area contributed by atoms with E-state index in [1.165, 1.54) is 12.0 Å². The van der Waals surface area contributed by atoms with Gasteiger partial charge in [-0.2, -0.15) is 0 Å². The number of nitrogens with one attached hydrogen (secondary N) is 1. The number of nitrogens with zero attached hydrogens (tertiary/aromatic N) is 3. The van der Waals surface area contributed by atoms with Crippen LogP contribution in [0.4, 0.5) is 5.95 Å². The first kappa shape index (κ1) is 18.2. The molecule has 1 aliphatic heterocycles. The van der Waals surface area contributed by atoms with Crippen molar-refractivity contribution in [2.45, 2.75) is 38.1 Å². The SMILES string of the molecule is CNc1ncc(C(=O)N2CCCC[C@@H]2CCc2cccc(OC)c2)cn1. The van der Waals surface area contributed by atoms with Gasteiger partial charge in [0.15, 0.2) is 0 Å². The van der Waals surface area contributed by atoms with Gasteiger partial charge in [0.2, 0.25) is 5.95 Å². The van der Waals surface area contributed by atoms with E-state index in [0.29, 0.717) is 11.5 Å². The topological polar surface area (TPSA) is 67.4 Å². The summed E-state index contributed by atoms with van der Waals surface area (Å²) in [5, 5.41) is 2.87. The van der Waals surface area contributed by atoms with Gasteiger partial charge >= 0.3 is 0 Å². The number of carbonyl (C=O) groups excluding carboxylic acids is 1. The minimum Gasteiger partial charge on any atom is -0.497 e. The molecule has 6 heteroatoms. The Kier molecular flexibility index (Phi) is 6.04. The van der Waals surface area contributed by atoms with E-state index in [-0.39, 0.29) is 11.9 Å². The number of ether oxygens (including phenoxy) is 1. The van der Waals surface area contributed by atoms with Crippen molar-refractivity contribution in [3.63, 3.8) is 0 Å². The molecule has 1 amide bonds. The molecule has 1 fully saturated rings. The molecule has 0 radical (unpaired) electrons. The quantitative estimate of drug-likeness (QED) is 0.863. The fourth-order valence-corrected chi connectivity index (χ4v) is 3.46. The van der Waals surface area contributed by atoms with E-state index in [4.69, 9.17) is 4.74 Å². The number of aryl methyl sites for hydroxylation is 1. The van der Waals surface area contributed by atoms with Crippen molar-refractivity contribution in [2.24, 2.45) is 0 Å². The summed E-state index contributed by atoms with van der Waals surface area (Å²) in [6.07, 6.45) is 8.36. The highest BCUT2D eigenvalue weighted by Gasteiger charge is 2.27. The summed E-state index contributed by atoms with van der Waals surface area (Å²) < 4.78 is 5.30. The van der Waals surface area contributed by atoms with Crippen molar-refractivity contribution in [2.75, 3.05) is 26.0 Å². The zero-order chi connectivity index (χ0) is 18.4. The van der Waals surface area contributed by atoms with Gasteiger partial charge in [0.25, 0.3) is 5.91 Å². The predicted molar refractivity (Wildman–Crippen MR) is 102 cm³/mol. The molecule has 3 rings (SSSR count). The Hall–Kier alpha value is -2.63. The van der Waals surface area contributed by atoms with E-state index in [1.807, 2.05) is 17.0 Å². The second-order valence-corrected chi connectivity index (χ2v) is 6.58. The van der Waals surface area contributed by atoms with Crippen molar-refractivity contribution in [3.8, 4) is 5.75 Å². The van der Waals surface area contributed by atoms with Crippen LogP contribution in [0.2, 0.25) is 0 Å². The summed E-state index contributed by atoms with van der Waals surface area (Å²) in [6, 6.07) is 8.40. The molecule has 0 unspecified atom stereocenters. The van der Waals surface area contributed by atoms with Crippen LogP contribution in [-0.4, -0.2) is 47.5 Å². The summed E-state index contributed by atoms with van der Waals surface area (Å²) in [6.45, 7) is 0.801. The highest BCUT2D eigenvalue weighted by Crippen LogP contribution is 2.24. The third kappa shape index (κ3) is 4.31. The van der Waals surface area contributed by atoms with Crippen LogP contribution in [0.25, 0.3) is 0 Å². The van der Waals surface area contributed by atoms with Gasteiger partial charge < -0.3 is 15.0 Å². The van der Waals surface area contributed by atoms with Crippen LogP contribution in [0.5, 0.6) is 5.75 Å². The molecule has 1 aromatic heterocycles. The van der Waals surface area contributed by atoms with Crippen molar-refractivity contribution in [1.82, 2.24) is 14.9 Å². The number of piperidine rings is 1. The number of amides is 1. The lowest BCUT2D eigenvalue weighted by Gasteiger charge is -2.36. The average molecular weight is 354 g/mol. The lowest BCUT2D eigenvalue weighted by molar-refractivity contribution is 0.0601. The van der Waals surface area contributed by atoms with Crippen molar-refractivity contribution in [3.05, 3.63) is 47.8 Å². The van der Waals surface area contributed by atoms with E-state index in [9.17, 15) is 4.79 Å². The molecule has 0 saturated carbocycles. The normalized spacial score (nSPS) is 17.0. The van der Waals surface area contributed by atoms with Gasteiger partial charge in [-0.05, 0) is 49.8 Å². The van der Waals surface area contributed by atoms with Crippen LogP contribution in [-0.2, 0) is 6.42 Å². The van der Waals surface area contributed by atoms with Gasteiger partial charge in [-0.25, -0.2) is 9.97 Å². The molecule has 1 saturated heterocycles. The third-order valence-electron chi connectivity index (χ3n) is 4.91. The van der Waals surface area contributed by atoms with E-state index in [0.717, 1.165) is 38.0 Å². The number of likely N-dealkylation sites (tertiary alicyclic amines) is 1. The van der Waals surface area contributed by atoms with E-state index in [2.05, 4.69) is 27.4 Å². The largest absolute Gasteiger partial charge is 0.497 e. The lowest BCUT2D eigenvalue weighted by Crippen LogP contribution is -2.44. The maximum absolute atomic E-state index is 12.9. The van der Waals surface area contributed by atoms with Crippen LogP contribution in [0.15, 0.2) is 36.7 Å². The van der Waals surface area contributed by atoms with Crippen LogP contribution in [0.1, 0.15) is 41.6 Å². The summed E-state index contributed by atoms with van der Waals surface area (Å²) in [5.41, 5.74) is 1.79. The smallest absolute Gasteiger partial charge is 0.257 e. The van der Waals surface area contributed by atoms with Gasteiger partial charge in [-0.15, -0.1) is 0 Å². The standard InChI is InChI=1S/C20H26N4O2/c1-21-20-22-13-16(14-23-20)19(25)24-11-4-3-7-17(24)10-9-15-6-5-8-18(12-15)26-2/h5-6,8,12-14,17H,3-4,7,9-11H2,1-2H3,(H,21,22,23)/t17-/m1/s1. The molecule has 138 valence electrons. The van der Waals surface area contributed by atoms with Crippen LogP contribution in [0.3, 0.4) is 0 Å². The zero-order valence-corrected chi connectivity index (χ0v) is 15.4. The number of benzene rings is 1. The number of hydrogen-bond donors (Lipinski definition) is 1. The molecular formula is C20H26N4O2. The van der Waals surface area contributed by atoms with Gasteiger partial charge in [-0.1, -0.05) is 12.1 Å². The molecule has 0 aliphatic carbocycles. The number of methoxy groups -OCH3 is 1. The van der Waals surface area contributed by atoms with Crippen LogP contribution < -0.4 is 10.1 Å². The number of hydrogen-bond acceptors (Lipinski definition) is 5. The minimum absolute atomic E-state index is 0.0306. The molecule has 1 aliphatic rings. The fraction of sp³-hybridized carbons (Fsp3) is 0.450. The maximum Gasteiger partial charge on any atom is 0.257 e. The summed E-state index contributed by atoms with van der Waals surface area (Å²) >= 11 is 0. The highest BCUT2D eigenvalue weighted by molar-refractivity contribution is 5.94. The number of rotatable bonds is 6. The van der Waals surface area contributed by atoms with Crippen molar-refractivity contribution >= 4 is 11.9 Å². The maximum atomic E-state index is 12.9. The van der Waals surface area contributed by atoms with Gasteiger partial charge in [0.1, 0.15) is 5.75 Å². The van der Waals surface area contributed by atoms with E-state index >= 15 is 0 Å². The monoisotopic (exact) mass is 354 g/mol. The number of anilines is 1. The van der Waals surface area contributed by atoms with E-state index in [1.54, 1.807) is 26.6 Å². The number of carbonyl (C=O) groups is 1. The molecule has 0 spiro atoms. The first-order valence-electron chi connectivity index (χ1n) is 9.15. The lowest BCUT2D eigenvalue weighted by atomic mass is 9.95. The second kappa shape index (κ2) is 8.65. The third-order valence-corrected chi connectivity index (χ3v) is 4.91. The van der Waals surface area contributed by atoms with Gasteiger partial charge in [0, 0.05) is 32.0 Å². The summed E-state index contributed by atoms with van der Waals surface area (Å²) in [7, 11) is 3.44. The molecule has 2 heterocycles. The summed E-state index contributed by atoms with van der Waals surface area (Å²) in [4.78, 5) is 23.3.